The Bertz CT molecular complexity index is 886. The smallest absolute Gasteiger partial charge is 0.391 e. The molecule has 0 bridgehead atoms. The maximum atomic E-state index is 12.9. The lowest BCUT2D eigenvalue weighted by atomic mass is 9.93. The summed E-state index contributed by atoms with van der Waals surface area (Å²) in [5.74, 6) is -0.584. The van der Waals surface area contributed by atoms with Crippen molar-refractivity contribution in [2.45, 2.75) is 38.4 Å². The van der Waals surface area contributed by atoms with E-state index in [0.29, 0.717) is 18.8 Å². The van der Waals surface area contributed by atoms with E-state index in [1.807, 2.05) is 25.1 Å². The Morgan fingerprint density at radius 1 is 1.20 bits per heavy atom. The molecule has 5 nitrogen and oxygen atoms in total. The predicted octanol–water partition coefficient (Wildman–Crippen LogP) is 4.25. The summed E-state index contributed by atoms with van der Waals surface area (Å²) in [5.41, 5.74) is 3.59. The molecule has 1 amide bonds. The number of hydrogen-bond acceptors (Lipinski definition) is 4. The Hall–Kier alpha value is -2.48. The van der Waals surface area contributed by atoms with Crippen LogP contribution < -0.4 is 15.0 Å². The normalized spacial score (nSPS) is 23.1. The highest BCUT2D eigenvalue weighted by molar-refractivity contribution is 5.98. The van der Waals surface area contributed by atoms with Crippen LogP contribution in [0.4, 0.5) is 24.5 Å². The molecule has 8 heteroatoms. The highest BCUT2D eigenvalue weighted by Crippen LogP contribution is 2.37. The third-order valence-corrected chi connectivity index (χ3v) is 6.21. The van der Waals surface area contributed by atoms with Crippen molar-refractivity contribution in [3.05, 3.63) is 41.6 Å². The van der Waals surface area contributed by atoms with Gasteiger partial charge >= 0.3 is 6.18 Å². The minimum absolute atomic E-state index is 0.0291. The fraction of sp³-hybridized carbons (Fsp3) is 0.500. The Balaban J connectivity index is 1.37. The minimum atomic E-state index is -4.08. The molecule has 0 saturated carbocycles. The first-order valence-electron chi connectivity index (χ1n) is 10.2. The molecule has 0 aromatic heterocycles. The van der Waals surface area contributed by atoms with Crippen LogP contribution in [0.5, 0.6) is 5.75 Å². The van der Waals surface area contributed by atoms with Gasteiger partial charge in [0.15, 0.2) is 6.61 Å². The monoisotopic (exact) mass is 421 g/mol. The quantitative estimate of drug-likeness (QED) is 0.793. The highest BCUT2D eigenvalue weighted by atomic mass is 19.4. The van der Waals surface area contributed by atoms with E-state index in [2.05, 4.69) is 22.4 Å². The number of aryl methyl sites for hydroxylation is 1. The van der Waals surface area contributed by atoms with Crippen molar-refractivity contribution in [1.82, 2.24) is 4.90 Å². The summed E-state index contributed by atoms with van der Waals surface area (Å²) in [4.78, 5) is 15.5. The average Bonchev–Trinajstić information content (AvgIpc) is 2.72. The van der Waals surface area contributed by atoms with Crippen LogP contribution >= 0.6 is 0 Å². The molecule has 1 fully saturated rings. The fourth-order valence-electron chi connectivity index (χ4n) is 4.24. The molecule has 3 aliphatic rings. The van der Waals surface area contributed by atoms with Crippen LogP contribution in [0, 0.1) is 12.8 Å². The minimum Gasteiger partial charge on any atom is -0.481 e. The van der Waals surface area contributed by atoms with Crippen molar-refractivity contribution < 1.29 is 22.7 Å². The number of allylic oxidation sites excluding steroid dienone is 1. The molecule has 0 radical (unpaired) electrons. The Labute approximate surface area is 174 Å². The maximum Gasteiger partial charge on any atom is 0.391 e. The number of hydrogen-bond donors (Lipinski definition) is 1. The number of ether oxygens (including phenoxy) is 1. The second-order valence-electron chi connectivity index (χ2n) is 8.17. The van der Waals surface area contributed by atoms with Crippen molar-refractivity contribution in [3.8, 4) is 5.75 Å². The predicted molar refractivity (Wildman–Crippen MR) is 110 cm³/mol. The zero-order chi connectivity index (χ0) is 21.5. The van der Waals surface area contributed by atoms with Gasteiger partial charge < -0.3 is 15.0 Å². The Morgan fingerprint density at radius 3 is 2.57 bits per heavy atom. The summed E-state index contributed by atoms with van der Waals surface area (Å²) < 4.78 is 44.2. The van der Waals surface area contributed by atoms with Crippen molar-refractivity contribution in [1.29, 1.82) is 0 Å². The van der Waals surface area contributed by atoms with Gasteiger partial charge in [-0.3, -0.25) is 9.69 Å². The number of halogens is 3. The lowest BCUT2D eigenvalue weighted by Gasteiger charge is -2.37. The zero-order valence-electron chi connectivity index (χ0n) is 17.1. The van der Waals surface area contributed by atoms with E-state index in [0.717, 1.165) is 29.1 Å². The van der Waals surface area contributed by atoms with E-state index < -0.39 is 12.1 Å². The fourth-order valence-corrected chi connectivity index (χ4v) is 4.24. The maximum absolute atomic E-state index is 12.9. The number of carbonyl (C=O) groups excluding carboxylic acids is 1. The summed E-state index contributed by atoms with van der Waals surface area (Å²) in [5, 5.41) is 3.40. The number of rotatable bonds is 3. The summed E-state index contributed by atoms with van der Waals surface area (Å²) in [7, 11) is 1.74. The van der Waals surface area contributed by atoms with Gasteiger partial charge in [-0.15, -0.1) is 0 Å². The molecular weight excluding hydrogens is 395 g/mol. The number of amides is 1. The van der Waals surface area contributed by atoms with Crippen LogP contribution in [-0.2, 0) is 4.79 Å². The van der Waals surface area contributed by atoms with Crippen LogP contribution in [0.1, 0.15) is 24.8 Å². The van der Waals surface area contributed by atoms with Gasteiger partial charge in [0, 0.05) is 30.5 Å². The van der Waals surface area contributed by atoms with E-state index in [4.69, 9.17) is 4.74 Å². The van der Waals surface area contributed by atoms with Crippen molar-refractivity contribution >= 4 is 17.3 Å². The van der Waals surface area contributed by atoms with Gasteiger partial charge in [0.05, 0.1) is 11.6 Å². The number of alkyl halides is 3. The third-order valence-electron chi connectivity index (χ3n) is 6.21. The molecule has 4 rings (SSSR count). The van der Waals surface area contributed by atoms with Gasteiger partial charge in [0.2, 0.25) is 0 Å². The number of anilines is 2. The van der Waals surface area contributed by atoms with E-state index >= 15 is 0 Å². The van der Waals surface area contributed by atoms with Gasteiger partial charge in [0.25, 0.3) is 5.91 Å². The third kappa shape index (κ3) is 4.19. The van der Waals surface area contributed by atoms with Crippen molar-refractivity contribution in [2.75, 3.05) is 37.0 Å². The first-order valence-corrected chi connectivity index (χ1v) is 10.2. The van der Waals surface area contributed by atoms with Gasteiger partial charge in [-0.05, 0) is 57.0 Å². The SMILES string of the molecule is Cc1cc2c(cc1NC1=CCC(N3CCC(C(F)(F)F)CC3)C=C1)OCC(=O)N2C. The van der Waals surface area contributed by atoms with E-state index in [9.17, 15) is 18.0 Å². The Morgan fingerprint density at radius 2 is 1.93 bits per heavy atom. The van der Waals surface area contributed by atoms with Crippen LogP contribution in [0.25, 0.3) is 0 Å². The topological polar surface area (TPSA) is 44.8 Å². The molecule has 1 atom stereocenters. The molecule has 2 heterocycles. The molecule has 1 aromatic carbocycles. The zero-order valence-corrected chi connectivity index (χ0v) is 17.1. The molecule has 1 aromatic rings. The Kier molecular flexibility index (Phi) is 5.53. The number of likely N-dealkylation sites (N-methyl/N-ethyl adjacent to an activating group) is 1. The summed E-state index contributed by atoms with van der Waals surface area (Å²) in [6.07, 6.45) is 3.15. The number of carbonyl (C=O) groups is 1. The first kappa shape index (κ1) is 20.8. The summed E-state index contributed by atoms with van der Waals surface area (Å²) in [6, 6.07) is 3.96. The van der Waals surface area contributed by atoms with Gasteiger partial charge in [-0.25, -0.2) is 0 Å². The average molecular weight is 421 g/mol. The summed E-state index contributed by atoms with van der Waals surface area (Å²) in [6.45, 7) is 2.95. The second-order valence-corrected chi connectivity index (χ2v) is 8.17. The number of piperidine rings is 1. The standard InChI is InChI=1S/C22H26F3N3O2/c1-14-11-19-20(30-13-21(29)27(19)2)12-18(14)26-16-3-5-17(6-4-16)28-9-7-15(8-10-28)22(23,24)25/h3-5,11-12,15,17,26H,6-10,13H2,1-2H3. The lowest BCUT2D eigenvalue weighted by molar-refractivity contribution is -0.185. The molecule has 0 spiro atoms. The number of benzene rings is 1. The molecule has 1 N–H and O–H groups in total. The van der Waals surface area contributed by atoms with Crippen LogP contribution in [0.15, 0.2) is 36.1 Å². The molecule has 2 aliphatic heterocycles. The lowest BCUT2D eigenvalue weighted by Crippen LogP contribution is -2.43. The number of nitrogens with one attached hydrogen (secondary N) is 1. The van der Waals surface area contributed by atoms with Crippen LogP contribution in [0.2, 0.25) is 0 Å². The van der Waals surface area contributed by atoms with Crippen molar-refractivity contribution in [3.63, 3.8) is 0 Å². The molecule has 30 heavy (non-hydrogen) atoms. The highest BCUT2D eigenvalue weighted by Gasteiger charge is 2.41. The second kappa shape index (κ2) is 7.98. The molecule has 162 valence electrons. The molecular formula is C22H26F3N3O2. The molecule has 1 unspecified atom stereocenters. The van der Waals surface area contributed by atoms with Crippen LogP contribution in [-0.4, -0.2) is 49.8 Å². The number of fused-ring (bicyclic) bond motifs is 1. The van der Waals surface area contributed by atoms with E-state index in [1.54, 1.807) is 11.9 Å². The van der Waals surface area contributed by atoms with Gasteiger partial charge in [0.1, 0.15) is 5.75 Å². The summed E-state index contributed by atoms with van der Waals surface area (Å²) >= 11 is 0. The molecule has 1 saturated heterocycles. The number of nitrogens with zero attached hydrogens (tertiary/aromatic N) is 2. The van der Waals surface area contributed by atoms with Gasteiger partial charge in [-0.1, -0.05) is 12.2 Å². The molecule has 1 aliphatic carbocycles. The van der Waals surface area contributed by atoms with E-state index in [-0.39, 0.29) is 31.4 Å². The largest absolute Gasteiger partial charge is 0.481 e. The van der Waals surface area contributed by atoms with E-state index in [1.165, 1.54) is 0 Å². The van der Waals surface area contributed by atoms with Gasteiger partial charge in [-0.2, -0.15) is 13.2 Å². The van der Waals surface area contributed by atoms with Crippen molar-refractivity contribution in [2.24, 2.45) is 5.92 Å². The number of likely N-dealkylation sites (tertiary alicyclic amines) is 1. The van der Waals surface area contributed by atoms with Crippen LogP contribution in [0.3, 0.4) is 0 Å². The first-order chi connectivity index (χ1) is 14.2.